The smallest absolute Gasteiger partial charge is 0.256 e. The van der Waals surface area contributed by atoms with Crippen molar-refractivity contribution in [3.05, 3.63) is 77.1 Å². The molecule has 1 amide bonds. The zero-order valence-corrected chi connectivity index (χ0v) is 15.1. The third-order valence-corrected chi connectivity index (χ3v) is 5.41. The van der Waals surface area contributed by atoms with Gasteiger partial charge < -0.3 is 10.0 Å². The van der Waals surface area contributed by atoms with Gasteiger partial charge in [0, 0.05) is 37.3 Å². The lowest BCUT2D eigenvalue weighted by Gasteiger charge is -2.28. The van der Waals surface area contributed by atoms with Gasteiger partial charge in [0.1, 0.15) is 5.82 Å². The van der Waals surface area contributed by atoms with Crippen LogP contribution in [0.5, 0.6) is 0 Å². The highest BCUT2D eigenvalue weighted by Crippen LogP contribution is 2.31. The van der Waals surface area contributed by atoms with Crippen molar-refractivity contribution in [1.29, 1.82) is 0 Å². The lowest BCUT2D eigenvalue weighted by atomic mass is 9.99. The summed E-state index contributed by atoms with van der Waals surface area (Å²) in [5, 5.41) is 10.4. The first-order valence-corrected chi connectivity index (χ1v) is 9.39. The van der Waals surface area contributed by atoms with E-state index in [1.165, 1.54) is 17.7 Å². The number of halogens is 1. The van der Waals surface area contributed by atoms with Crippen LogP contribution in [0.15, 0.2) is 54.6 Å². The van der Waals surface area contributed by atoms with Crippen LogP contribution in [0.2, 0.25) is 0 Å². The average molecular weight is 366 g/mol. The summed E-state index contributed by atoms with van der Waals surface area (Å²) < 4.78 is 13.1. The number of amides is 1. The van der Waals surface area contributed by atoms with Gasteiger partial charge in [0.15, 0.2) is 6.23 Å². The largest absolute Gasteiger partial charge is 0.369 e. The number of rotatable bonds is 5. The number of aliphatic hydroxyl groups is 1. The second kappa shape index (κ2) is 7.62. The fourth-order valence-electron chi connectivity index (χ4n) is 3.88. The van der Waals surface area contributed by atoms with E-state index in [4.69, 9.17) is 0 Å². The van der Waals surface area contributed by atoms with Crippen LogP contribution in [0.4, 0.5) is 4.39 Å². The third-order valence-electron chi connectivity index (χ3n) is 5.41. The van der Waals surface area contributed by atoms with Gasteiger partial charge in [-0.3, -0.25) is 9.69 Å². The molecule has 4 nitrogen and oxygen atoms in total. The van der Waals surface area contributed by atoms with Gasteiger partial charge in [-0.2, -0.15) is 0 Å². The number of benzene rings is 2. The Hall–Kier alpha value is -2.50. The molecular weight excluding hydrogens is 343 g/mol. The Balaban J connectivity index is 1.29. The molecule has 2 aromatic carbocycles. The Kier molecular flexibility index (Phi) is 5.05. The van der Waals surface area contributed by atoms with Crippen LogP contribution in [0, 0.1) is 5.82 Å². The summed E-state index contributed by atoms with van der Waals surface area (Å²) in [4.78, 5) is 16.3. The molecule has 1 unspecified atom stereocenters. The van der Waals surface area contributed by atoms with E-state index >= 15 is 0 Å². The highest BCUT2D eigenvalue weighted by atomic mass is 19.1. The molecule has 1 N–H and O–H groups in total. The minimum Gasteiger partial charge on any atom is -0.369 e. The van der Waals surface area contributed by atoms with Crippen LogP contribution >= 0.6 is 0 Å². The molecule has 0 spiro atoms. The highest BCUT2D eigenvalue weighted by molar-refractivity contribution is 5.98. The SMILES string of the molecule is O=C1c2ccccc2C(O)N1CCCN1CC=C(c2ccc(F)cc2)CC1. The summed E-state index contributed by atoms with van der Waals surface area (Å²) in [5.74, 6) is -0.298. The van der Waals surface area contributed by atoms with Crippen molar-refractivity contribution in [2.45, 2.75) is 19.1 Å². The lowest BCUT2D eigenvalue weighted by Crippen LogP contribution is -2.34. The van der Waals surface area contributed by atoms with Crippen LogP contribution in [-0.4, -0.2) is 47.0 Å². The molecule has 0 aliphatic carbocycles. The lowest BCUT2D eigenvalue weighted by molar-refractivity contribution is 0.0162. The van der Waals surface area contributed by atoms with Gasteiger partial charge in [-0.1, -0.05) is 36.4 Å². The Labute approximate surface area is 158 Å². The molecule has 5 heteroatoms. The Morgan fingerprint density at radius 2 is 1.85 bits per heavy atom. The van der Waals surface area contributed by atoms with Crippen molar-refractivity contribution in [2.75, 3.05) is 26.2 Å². The Morgan fingerprint density at radius 1 is 1.07 bits per heavy atom. The van der Waals surface area contributed by atoms with E-state index in [-0.39, 0.29) is 11.7 Å². The number of nitrogens with zero attached hydrogens (tertiary/aromatic N) is 2. The topological polar surface area (TPSA) is 43.8 Å². The fourth-order valence-corrected chi connectivity index (χ4v) is 3.88. The van der Waals surface area contributed by atoms with Gasteiger partial charge in [-0.15, -0.1) is 0 Å². The second-order valence-electron chi connectivity index (χ2n) is 7.10. The average Bonchev–Trinajstić information content (AvgIpc) is 2.94. The van der Waals surface area contributed by atoms with Crippen molar-refractivity contribution in [2.24, 2.45) is 0 Å². The van der Waals surface area contributed by atoms with Gasteiger partial charge in [0.25, 0.3) is 5.91 Å². The molecule has 0 fully saturated rings. The minimum atomic E-state index is -0.833. The fraction of sp³-hybridized carbons (Fsp3) is 0.318. The molecule has 0 aromatic heterocycles. The number of carbonyl (C=O) groups is 1. The predicted molar refractivity (Wildman–Crippen MR) is 102 cm³/mol. The van der Waals surface area contributed by atoms with Gasteiger partial charge in [0.05, 0.1) is 0 Å². The van der Waals surface area contributed by atoms with E-state index < -0.39 is 6.23 Å². The highest BCUT2D eigenvalue weighted by Gasteiger charge is 2.34. The zero-order valence-electron chi connectivity index (χ0n) is 15.1. The summed E-state index contributed by atoms with van der Waals surface area (Å²) >= 11 is 0. The standard InChI is InChI=1S/C22H23FN2O2/c23-18-8-6-16(7-9-18)17-10-14-24(15-11-17)12-3-13-25-21(26)19-4-1-2-5-20(19)22(25)27/h1-2,4-10,21,26H,3,11-15H2. The maximum Gasteiger partial charge on any atom is 0.256 e. The molecule has 2 aliphatic rings. The monoisotopic (exact) mass is 366 g/mol. The Bertz CT molecular complexity index is 863. The van der Waals surface area contributed by atoms with E-state index in [2.05, 4.69) is 11.0 Å². The first-order valence-electron chi connectivity index (χ1n) is 9.39. The van der Waals surface area contributed by atoms with Gasteiger partial charge in [0.2, 0.25) is 0 Å². The second-order valence-corrected chi connectivity index (χ2v) is 7.10. The first-order chi connectivity index (χ1) is 13.1. The van der Waals surface area contributed by atoms with E-state index in [9.17, 15) is 14.3 Å². The van der Waals surface area contributed by atoms with Crippen molar-refractivity contribution in [1.82, 2.24) is 9.80 Å². The maximum atomic E-state index is 13.1. The van der Waals surface area contributed by atoms with E-state index in [1.807, 2.05) is 30.3 Å². The van der Waals surface area contributed by atoms with E-state index in [1.54, 1.807) is 11.0 Å². The number of hydrogen-bond donors (Lipinski definition) is 1. The number of carbonyl (C=O) groups excluding carboxylic acids is 1. The molecule has 2 aliphatic heterocycles. The molecule has 27 heavy (non-hydrogen) atoms. The van der Waals surface area contributed by atoms with Crippen LogP contribution in [0.1, 0.15) is 40.6 Å². The molecule has 0 bridgehead atoms. The van der Waals surface area contributed by atoms with Crippen molar-refractivity contribution in [3.8, 4) is 0 Å². The minimum absolute atomic E-state index is 0.0877. The number of hydrogen-bond acceptors (Lipinski definition) is 3. The van der Waals surface area contributed by atoms with Crippen molar-refractivity contribution in [3.63, 3.8) is 0 Å². The van der Waals surface area contributed by atoms with Gasteiger partial charge in [-0.25, -0.2) is 4.39 Å². The Morgan fingerprint density at radius 3 is 2.56 bits per heavy atom. The molecule has 1 atom stereocenters. The van der Waals surface area contributed by atoms with Crippen LogP contribution in [-0.2, 0) is 0 Å². The van der Waals surface area contributed by atoms with E-state index in [0.717, 1.165) is 38.0 Å². The zero-order chi connectivity index (χ0) is 18.8. The molecule has 0 radical (unpaired) electrons. The molecule has 140 valence electrons. The molecule has 0 saturated heterocycles. The summed E-state index contributed by atoms with van der Waals surface area (Å²) in [6.45, 7) is 3.21. The molecule has 2 aromatic rings. The predicted octanol–water partition coefficient (Wildman–Crippen LogP) is 3.45. The summed E-state index contributed by atoms with van der Waals surface area (Å²) in [6.07, 6.45) is 3.11. The molecular formula is C22H23FN2O2. The molecule has 2 heterocycles. The summed E-state index contributed by atoms with van der Waals surface area (Å²) in [5.41, 5.74) is 3.65. The van der Waals surface area contributed by atoms with Crippen LogP contribution in [0.25, 0.3) is 5.57 Å². The molecule has 4 rings (SSSR count). The van der Waals surface area contributed by atoms with Gasteiger partial charge in [-0.05, 0) is 42.2 Å². The number of aliphatic hydroxyl groups excluding tert-OH is 1. The quantitative estimate of drug-likeness (QED) is 0.881. The summed E-state index contributed by atoms with van der Waals surface area (Å²) in [6, 6.07) is 13.9. The first kappa shape index (κ1) is 17.9. The molecule has 0 saturated carbocycles. The normalized spacial score (nSPS) is 19.9. The maximum absolute atomic E-state index is 13.1. The summed E-state index contributed by atoms with van der Waals surface area (Å²) in [7, 11) is 0. The van der Waals surface area contributed by atoms with E-state index in [0.29, 0.717) is 17.7 Å². The third kappa shape index (κ3) is 3.66. The number of fused-ring (bicyclic) bond motifs is 1. The van der Waals surface area contributed by atoms with Crippen LogP contribution in [0.3, 0.4) is 0 Å². The van der Waals surface area contributed by atoms with Gasteiger partial charge >= 0.3 is 0 Å². The van der Waals surface area contributed by atoms with Crippen LogP contribution < -0.4 is 0 Å². The van der Waals surface area contributed by atoms with Crippen molar-refractivity contribution < 1.29 is 14.3 Å². The van der Waals surface area contributed by atoms with Crippen molar-refractivity contribution >= 4 is 11.5 Å².